The number of nitrogens with zero attached hydrogens (tertiary/aromatic N) is 3. The van der Waals surface area contributed by atoms with Gasteiger partial charge in [0.25, 0.3) is 5.91 Å². The smallest absolute Gasteiger partial charge is 0.270 e. The zero-order chi connectivity index (χ0) is 26.4. The molecule has 2 N–H and O–H groups in total. The second-order valence-corrected chi connectivity index (χ2v) is 9.87. The van der Waals surface area contributed by atoms with Crippen LogP contribution in [0.3, 0.4) is 0 Å². The number of thioether (sulfide) groups is 1. The average molecular weight is 542 g/mol. The Bertz CT molecular complexity index is 1270. The molecule has 0 fully saturated rings. The van der Waals surface area contributed by atoms with Gasteiger partial charge in [0.15, 0.2) is 5.17 Å². The van der Waals surface area contributed by atoms with Crippen molar-refractivity contribution in [1.29, 1.82) is 0 Å². The van der Waals surface area contributed by atoms with E-state index in [1.54, 1.807) is 23.1 Å². The Labute approximate surface area is 224 Å². The van der Waals surface area contributed by atoms with Gasteiger partial charge in [0.05, 0.1) is 24.2 Å². The highest BCUT2D eigenvalue weighted by molar-refractivity contribution is 8.14. The molecule has 0 aromatic heterocycles. The van der Waals surface area contributed by atoms with Gasteiger partial charge in [-0.1, -0.05) is 48.8 Å². The number of amidine groups is 2. The van der Waals surface area contributed by atoms with Gasteiger partial charge in [-0.2, -0.15) is 4.99 Å². The van der Waals surface area contributed by atoms with Crippen molar-refractivity contribution < 1.29 is 19.1 Å². The van der Waals surface area contributed by atoms with Crippen molar-refractivity contribution in [2.75, 3.05) is 24.7 Å². The van der Waals surface area contributed by atoms with E-state index < -0.39 is 6.04 Å². The summed E-state index contributed by atoms with van der Waals surface area (Å²) >= 11 is 7.27. The Morgan fingerprint density at radius 1 is 1.16 bits per heavy atom. The molecule has 1 atom stereocenters. The predicted molar refractivity (Wildman–Crippen MR) is 147 cm³/mol. The van der Waals surface area contributed by atoms with Crippen LogP contribution >= 0.6 is 23.4 Å². The summed E-state index contributed by atoms with van der Waals surface area (Å²) in [4.78, 5) is 48.8. The van der Waals surface area contributed by atoms with Crippen molar-refractivity contribution in [2.24, 2.45) is 9.98 Å². The molecule has 0 spiro atoms. The lowest BCUT2D eigenvalue weighted by Gasteiger charge is -2.31. The Balaban J connectivity index is 1.49. The van der Waals surface area contributed by atoms with Crippen LogP contribution in [0, 0.1) is 0 Å². The number of hydrogen-bond acceptors (Lipinski definition) is 7. The molecule has 2 aromatic rings. The summed E-state index contributed by atoms with van der Waals surface area (Å²) in [7, 11) is 1.51. The number of aliphatic imine (C=N–C) groups is 2. The highest BCUT2D eigenvalue weighted by atomic mass is 35.5. The van der Waals surface area contributed by atoms with E-state index in [0.717, 1.165) is 18.4 Å². The van der Waals surface area contributed by atoms with Gasteiger partial charge < -0.3 is 15.4 Å². The van der Waals surface area contributed by atoms with Crippen molar-refractivity contribution in [2.45, 2.75) is 38.6 Å². The third kappa shape index (κ3) is 6.31. The van der Waals surface area contributed by atoms with E-state index in [1.807, 2.05) is 24.3 Å². The second kappa shape index (κ2) is 12.2. The molecular formula is C26H28ClN5O4S. The minimum absolute atomic E-state index is 0.0266. The van der Waals surface area contributed by atoms with E-state index in [-0.39, 0.29) is 36.3 Å². The van der Waals surface area contributed by atoms with Gasteiger partial charge in [-0.05, 0) is 43.2 Å². The number of anilines is 1. The maximum Gasteiger partial charge on any atom is 0.270 e. The van der Waals surface area contributed by atoms with Crippen molar-refractivity contribution in [3.05, 3.63) is 53.1 Å². The summed E-state index contributed by atoms with van der Waals surface area (Å²) in [5.74, 6) is 0.291. The summed E-state index contributed by atoms with van der Waals surface area (Å²) in [5, 5.41) is 6.64. The maximum atomic E-state index is 12.9. The number of benzene rings is 2. The van der Waals surface area contributed by atoms with Crippen LogP contribution in [0.5, 0.6) is 5.75 Å². The molecule has 0 radical (unpaired) electrons. The molecule has 3 amide bonds. The first-order valence-electron chi connectivity index (χ1n) is 12.0. The molecule has 0 saturated carbocycles. The molecule has 1 unspecified atom stereocenters. The van der Waals surface area contributed by atoms with E-state index in [0.29, 0.717) is 39.7 Å². The highest BCUT2D eigenvalue weighted by Crippen LogP contribution is 2.35. The number of nitrogens with one attached hydrogen (secondary N) is 2. The lowest BCUT2D eigenvalue weighted by atomic mass is 10.1. The highest BCUT2D eigenvalue weighted by Gasteiger charge is 2.41. The number of ether oxygens (including phenoxy) is 1. The zero-order valence-corrected chi connectivity index (χ0v) is 22.2. The first-order valence-corrected chi connectivity index (χ1v) is 13.4. The number of amides is 3. The third-order valence-electron chi connectivity index (χ3n) is 5.87. The first-order chi connectivity index (χ1) is 17.9. The number of unbranched alkanes of at least 4 members (excludes halogenated alkanes) is 1. The fourth-order valence-corrected chi connectivity index (χ4v) is 5.05. The largest absolute Gasteiger partial charge is 0.495 e. The molecule has 0 saturated heterocycles. The molecular weight excluding hydrogens is 514 g/mol. The minimum atomic E-state index is -0.664. The topological polar surface area (TPSA) is 112 Å². The van der Waals surface area contributed by atoms with Gasteiger partial charge in [-0.3, -0.25) is 19.3 Å². The summed E-state index contributed by atoms with van der Waals surface area (Å²) in [6.07, 6.45) is 2.37. The Morgan fingerprint density at radius 2 is 1.97 bits per heavy atom. The molecule has 11 heteroatoms. The van der Waals surface area contributed by atoms with E-state index in [1.165, 1.54) is 18.9 Å². The molecule has 2 aliphatic heterocycles. The summed E-state index contributed by atoms with van der Waals surface area (Å²) in [6.45, 7) is 2.67. The first kappa shape index (κ1) is 26.7. The normalized spacial score (nSPS) is 15.9. The number of carbonyl (C=O) groups is 3. The molecule has 9 nitrogen and oxygen atoms in total. The molecule has 0 bridgehead atoms. The van der Waals surface area contributed by atoms with Crippen LogP contribution in [-0.2, 0) is 14.4 Å². The van der Waals surface area contributed by atoms with E-state index >= 15 is 0 Å². The number of rotatable bonds is 10. The van der Waals surface area contributed by atoms with E-state index in [4.69, 9.17) is 21.3 Å². The Kier molecular flexibility index (Phi) is 8.83. The number of hydrogen-bond donors (Lipinski definition) is 2. The molecule has 194 valence electrons. The van der Waals surface area contributed by atoms with E-state index in [2.05, 4.69) is 22.5 Å². The standard InChI is InChI=1S/C26H28ClN5O4S/c1-3-4-13-28-22(33)12-10-20-25(35)31-24-17-7-5-6-8-18(17)30-26(32(20)24)37-15-23(34)29-19-14-16(27)9-11-21(19)36-2/h5-9,11,14,20H,3-4,10,12-13,15H2,1-2H3,(H,28,33)(H,29,34). The van der Waals surface area contributed by atoms with Crippen molar-refractivity contribution in [1.82, 2.24) is 10.2 Å². The van der Waals surface area contributed by atoms with Crippen LogP contribution in [0.15, 0.2) is 52.4 Å². The van der Waals surface area contributed by atoms with Crippen LogP contribution in [0.4, 0.5) is 11.4 Å². The molecule has 37 heavy (non-hydrogen) atoms. The van der Waals surface area contributed by atoms with Crippen LogP contribution in [-0.4, -0.2) is 59.1 Å². The van der Waals surface area contributed by atoms with Gasteiger partial charge >= 0.3 is 0 Å². The molecule has 2 aromatic carbocycles. The predicted octanol–water partition coefficient (Wildman–Crippen LogP) is 4.38. The van der Waals surface area contributed by atoms with Crippen molar-refractivity contribution in [3.8, 4) is 5.75 Å². The van der Waals surface area contributed by atoms with Crippen molar-refractivity contribution >= 4 is 63.5 Å². The third-order valence-corrected chi connectivity index (χ3v) is 7.06. The summed E-state index contributed by atoms with van der Waals surface area (Å²) in [5.41, 5.74) is 1.87. The van der Waals surface area contributed by atoms with Gasteiger partial charge in [0.2, 0.25) is 11.8 Å². The lowest BCUT2D eigenvalue weighted by Crippen LogP contribution is -2.44. The quantitative estimate of drug-likeness (QED) is 0.432. The number of methoxy groups -OCH3 is 1. The second-order valence-electron chi connectivity index (χ2n) is 8.49. The fraction of sp³-hybridized carbons (Fsp3) is 0.346. The monoisotopic (exact) mass is 541 g/mol. The molecule has 2 heterocycles. The molecule has 4 rings (SSSR count). The summed E-state index contributed by atoms with van der Waals surface area (Å²) in [6, 6.07) is 11.7. The van der Waals surface area contributed by atoms with Gasteiger partial charge in [0, 0.05) is 23.6 Å². The molecule has 0 aliphatic carbocycles. The maximum absolute atomic E-state index is 12.9. The number of carbonyl (C=O) groups excluding carboxylic acids is 3. The van der Waals surface area contributed by atoms with Gasteiger partial charge in [-0.15, -0.1) is 0 Å². The average Bonchev–Trinajstić information content (AvgIpc) is 3.22. The zero-order valence-electron chi connectivity index (χ0n) is 20.6. The Morgan fingerprint density at radius 3 is 2.76 bits per heavy atom. The molecule has 2 aliphatic rings. The number of para-hydroxylation sites is 1. The minimum Gasteiger partial charge on any atom is -0.495 e. The number of halogens is 1. The Hall–Kier alpha value is -3.37. The lowest BCUT2D eigenvalue weighted by molar-refractivity contribution is -0.122. The van der Waals surface area contributed by atoms with Crippen LogP contribution in [0.25, 0.3) is 0 Å². The van der Waals surface area contributed by atoms with Gasteiger partial charge in [0.1, 0.15) is 17.6 Å². The van der Waals surface area contributed by atoms with Crippen LogP contribution in [0.1, 0.15) is 38.2 Å². The summed E-state index contributed by atoms with van der Waals surface area (Å²) < 4.78 is 5.30. The van der Waals surface area contributed by atoms with Crippen LogP contribution in [0.2, 0.25) is 5.02 Å². The van der Waals surface area contributed by atoms with Crippen LogP contribution < -0.4 is 15.4 Å². The number of fused-ring (bicyclic) bond motifs is 3. The SMILES string of the molecule is CCCCNC(=O)CCC1C(=O)N=C2c3ccccc3N=C(SCC(=O)Nc3cc(Cl)ccc3OC)N21. The van der Waals surface area contributed by atoms with Gasteiger partial charge in [-0.25, -0.2) is 4.99 Å². The van der Waals surface area contributed by atoms with Crippen molar-refractivity contribution in [3.63, 3.8) is 0 Å². The van der Waals surface area contributed by atoms with E-state index in [9.17, 15) is 14.4 Å². The fourth-order valence-electron chi connectivity index (χ4n) is 4.03.